The normalized spacial score (nSPS) is 25.8. The van der Waals surface area contributed by atoms with Crippen LogP contribution >= 0.6 is 0 Å². The molecule has 0 amide bonds. The van der Waals surface area contributed by atoms with Crippen molar-refractivity contribution in [1.82, 2.24) is 10.2 Å². The fraction of sp³-hybridized carbons (Fsp3) is 1.00. The van der Waals surface area contributed by atoms with Crippen molar-refractivity contribution in [3.8, 4) is 0 Å². The predicted octanol–water partition coefficient (Wildman–Crippen LogP) is 1.48. The van der Waals surface area contributed by atoms with Gasteiger partial charge in [0.1, 0.15) is 0 Å². The lowest BCUT2D eigenvalue weighted by atomic mass is 10.1. The SMILES string of the molecule is COC1CCCN(C(C)CNC(C)C)C1. The minimum atomic E-state index is 0.445. The first kappa shape index (κ1) is 12.9. The molecule has 0 aromatic heterocycles. The molecule has 0 bridgehead atoms. The highest BCUT2D eigenvalue weighted by Gasteiger charge is 2.22. The fourth-order valence-electron chi connectivity index (χ4n) is 2.09. The first-order valence-electron chi connectivity index (χ1n) is 6.13. The third-order valence-corrected chi connectivity index (χ3v) is 3.19. The minimum Gasteiger partial charge on any atom is -0.380 e. The Kier molecular flexibility index (Phi) is 5.58. The van der Waals surface area contributed by atoms with Gasteiger partial charge in [0.25, 0.3) is 0 Å². The maximum absolute atomic E-state index is 5.44. The van der Waals surface area contributed by atoms with Crippen LogP contribution in [-0.2, 0) is 4.74 Å². The lowest BCUT2D eigenvalue weighted by Crippen LogP contribution is -2.48. The summed E-state index contributed by atoms with van der Waals surface area (Å²) in [5, 5.41) is 3.49. The number of piperidine rings is 1. The number of methoxy groups -OCH3 is 1. The Labute approximate surface area is 94.2 Å². The fourth-order valence-corrected chi connectivity index (χ4v) is 2.09. The van der Waals surface area contributed by atoms with E-state index in [0.29, 0.717) is 18.2 Å². The van der Waals surface area contributed by atoms with Gasteiger partial charge in [-0.1, -0.05) is 13.8 Å². The number of likely N-dealkylation sites (tertiary alicyclic amines) is 1. The van der Waals surface area contributed by atoms with Crippen LogP contribution < -0.4 is 5.32 Å². The average Bonchev–Trinajstić information content (AvgIpc) is 2.26. The number of rotatable bonds is 5. The number of nitrogens with one attached hydrogen (secondary N) is 1. The van der Waals surface area contributed by atoms with Gasteiger partial charge in [0.2, 0.25) is 0 Å². The Hall–Kier alpha value is -0.120. The van der Waals surface area contributed by atoms with E-state index in [4.69, 9.17) is 4.74 Å². The molecule has 3 nitrogen and oxygen atoms in total. The molecule has 90 valence electrons. The highest BCUT2D eigenvalue weighted by atomic mass is 16.5. The Morgan fingerprint density at radius 1 is 1.40 bits per heavy atom. The maximum atomic E-state index is 5.44. The van der Waals surface area contributed by atoms with Crippen LogP contribution in [0, 0.1) is 0 Å². The van der Waals surface area contributed by atoms with Crippen LogP contribution in [0.5, 0.6) is 0 Å². The van der Waals surface area contributed by atoms with Gasteiger partial charge in [-0.3, -0.25) is 4.90 Å². The van der Waals surface area contributed by atoms with E-state index in [9.17, 15) is 0 Å². The first-order valence-corrected chi connectivity index (χ1v) is 6.13. The molecule has 1 aliphatic heterocycles. The standard InChI is InChI=1S/C12H26N2O/c1-10(2)13-8-11(3)14-7-5-6-12(9-14)15-4/h10-13H,5-9H2,1-4H3. The van der Waals surface area contributed by atoms with Gasteiger partial charge in [-0.2, -0.15) is 0 Å². The van der Waals surface area contributed by atoms with Crippen molar-refractivity contribution in [1.29, 1.82) is 0 Å². The molecule has 0 radical (unpaired) electrons. The summed E-state index contributed by atoms with van der Waals surface area (Å²) in [5.41, 5.74) is 0. The Morgan fingerprint density at radius 2 is 2.13 bits per heavy atom. The Morgan fingerprint density at radius 3 is 2.73 bits per heavy atom. The van der Waals surface area contributed by atoms with Gasteiger partial charge in [0.15, 0.2) is 0 Å². The van der Waals surface area contributed by atoms with Crippen molar-refractivity contribution in [3.63, 3.8) is 0 Å². The molecule has 1 aliphatic rings. The third-order valence-electron chi connectivity index (χ3n) is 3.19. The molecular weight excluding hydrogens is 188 g/mol. The van der Waals surface area contributed by atoms with Crippen LogP contribution in [-0.4, -0.2) is 49.8 Å². The van der Waals surface area contributed by atoms with Gasteiger partial charge in [-0.25, -0.2) is 0 Å². The van der Waals surface area contributed by atoms with E-state index in [1.54, 1.807) is 0 Å². The lowest BCUT2D eigenvalue weighted by molar-refractivity contribution is 0.0173. The summed E-state index contributed by atoms with van der Waals surface area (Å²) in [6.45, 7) is 10.1. The highest BCUT2D eigenvalue weighted by Crippen LogP contribution is 2.14. The van der Waals surface area contributed by atoms with Crippen LogP contribution in [0.3, 0.4) is 0 Å². The molecule has 2 unspecified atom stereocenters. The highest BCUT2D eigenvalue weighted by molar-refractivity contribution is 4.78. The topological polar surface area (TPSA) is 24.5 Å². The molecule has 0 aromatic rings. The van der Waals surface area contributed by atoms with Crippen molar-refractivity contribution >= 4 is 0 Å². The number of hydrogen-bond acceptors (Lipinski definition) is 3. The summed E-state index contributed by atoms with van der Waals surface area (Å²) in [4.78, 5) is 2.53. The molecule has 0 aliphatic carbocycles. The minimum absolute atomic E-state index is 0.445. The van der Waals surface area contributed by atoms with E-state index in [2.05, 4.69) is 31.0 Å². The van der Waals surface area contributed by atoms with Crippen LogP contribution in [0.1, 0.15) is 33.6 Å². The van der Waals surface area contributed by atoms with Crippen LogP contribution in [0.2, 0.25) is 0 Å². The summed E-state index contributed by atoms with van der Waals surface area (Å²) in [7, 11) is 1.82. The van der Waals surface area contributed by atoms with Gasteiger partial charge >= 0.3 is 0 Å². The predicted molar refractivity (Wildman–Crippen MR) is 64.2 cm³/mol. The number of nitrogens with zero attached hydrogens (tertiary/aromatic N) is 1. The van der Waals surface area contributed by atoms with Gasteiger partial charge in [-0.15, -0.1) is 0 Å². The zero-order valence-corrected chi connectivity index (χ0v) is 10.6. The molecule has 1 saturated heterocycles. The quantitative estimate of drug-likeness (QED) is 0.750. The van der Waals surface area contributed by atoms with Gasteiger partial charge in [0.05, 0.1) is 6.10 Å². The molecule has 1 fully saturated rings. The molecule has 1 N–H and O–H groups in total. The molecule has 1 heterocycles. The molecule has 0 spiro atoms. The van der Waals surface area contributed by atoms with Crippen molar-refractivity contribution in [3.05, 3.63) is 0 Å². The Balaban J connectivity index is 2.28. The number of ether oxygens (including phenoxy) is 1. The second-order valence-corrected chi connectivity index (χ2v) is 4.91. The zero-order chi connectivity index (χ0) is 11.3. The summed E-state index contributed by atoms with van der Waals surface area (Å²) in [6.07, 6.45) is 2.93. The molecule has 0 aromatic carbocycles. The lowest BCUT2D eigenvalue weighted by Gasteiger charge is -2.36. The maximum Gasteiger partial charge on any atom is 0.0698 e. The van der Waals surface area contributed by atoms with Crippen molar-refractivity contribution < 1.29 is 4.74 Å². The largest absolute Gasteiger partial charge is 0.380 e. The molecule has 0 saturated carbocycles. The second kappa shape index (κ2) is 6.46. The summed E-state index contributed by atoms with van der Waals surface area (Å²) in [6, 6.07) is 1.20. The van der Waals surface area contributed by atoms with Gasteiger partial charge in [0, 0.05) is 32.3 Å². The summed E-state index contributed by atoms with van der Waals surface area (Å²) < 4.78 is 5.44. The van der Waals surface area contributed by atoms with Gasteiger partial charge < -0.3 is 10.1 Å². The molecule has 15 heavy (non-hydrogen) atoms. The smallest absolute Gasteiger partial charge is 0.0698 e. The summed E-state index contributed by atoms with van der Waals surface area (Å²) in [5.74, 6) is 0. The first-order chi connectivity index (χ1) is 7.13. The van der Waals surface area contributed by atoms with Crippen molar-refractivity contribution in [2.75, 3.05) is 26.7 Å². The summed E-state index contributed by atoms with van der Waals surface area (Å²) >= 11 is 0. The molecule has 3 heteroatoms. The third kappa shape index (κ3) is 4.49. The van der Waals surface area contributed by atoms with E-state index in [0.717, 1.165) is 13.1 Å². The molecular formula is C12H26N2O. The van der Waals surface area contributed by atoms with Crippen molar-refractivity contribution in [2.24, 2.45) is 0 Å². The number of hydrogen-bond donors (Lipinski definition) is 1. The van der Waals surface area contributed by atoms with E-state index in [1.165, 1.54) is 19.4 Å². The van der Waals surface area contributed by atoms with Crippen LogP contribution in [0.15, 0.2) is 0 Å². The van der Waals surface area contributed by atoms with Crippen LogP contribution in [0.4, 0.5) is 0 Å². The second-order valence-electron chi connectivity index (χ2n) is 4.91. The zero-order valence-electron chi connectivity index (χ0n) is 10.6. The van der Waals surface area contributed by atoms with E-state index < -0.39 is 0 Å². The van der Waals surface area contributed by atoms with Crippen molar-refractivity contribution in [2.45, 2.75) is 51.8 Å². The molecule has 1 rings (SSSR count). The average molecular weight is 214 g/mol. The monoisotopic (exact) mass is 214 g/mol. The van der Waals surface area contributed by atoms with Crippen LogP contribution in [0.25, 0.3) is 0 Å². The van der Waals surface area contributed by atoms with Gasteiger partial charge in [-0.05, 0) is 26.3 Å². The van der Waals surface area contributed by atoms with E-state index in [1.807, 2.05) is 7.11 Å². The van der Waals surface area contributed by atoms with E-state index in [-0.39, 0.29) is 0 Å². The Bertz CT molecular complexity index is 173. The van der Waals surface area contributed by atoms with E-state index >= 15 is 0 Å². The molecule has 2 atom stereocenters.